The van der Waals surface area contributed by atoms with Gasteiger partial charge in [0.1, 0.15) is 0 Å². The predicted octanol–water partition coefficient (Wildman–Crippen LogP) is 5.43. The maximum Gasteiger partial charge on any atom is 0.0408 e. The highest BCUT2D eigenvalue weighted by Gasteiger charge is 2.15. The molecule has 0 aliphatic carbocycles. The molecule has 112 valence electrons. The fourth-order valence-electron chi connectivity index (χ4n) is 2.50. The van der Waals surface area contributed by atoms with Gasteiger partial charge in [0.15, 0.2) is 0 Å². The van der Waals surface area contributed by atoms with E-state index in [0.29, 0.717) is 5.92 Å². The van der Waals surface area contributed by atoms with Gasteiger partial charge in [-0.05, 0) is 48.7 Å². The van der Waals surface area contributed by atoms with Crippen molar-refractivity contribution in [3.63, 3.8) is 0 Å². The van der Waals surface area contributed by atoms with Crippen molar-refractivity contribution in [2.24, 2.45) is 0 Å². The lowest BCUT2D eigenvalue weighted by molar-refractivity contribution is 0.575. The third-order valence-corrected chi connectivity index (χ3v) is 4.49. The van der Waals surface area contributed by atoms with Crippen LogP contribution in [0.5, 0.6) is 0 Å². The first-order chi connectivity index (χ1) is 10.2. The Balaban J connectivity index is 2.17. The van der Waals surface area contributed by atoms with Gasteiger partial charge in [-0.2, -0.15) is 0 Å². The first-order valence-corrected chi connectivity index (χ1v) is 8.57. The van der Waals surface area contributed by atoms with Crippen molar-refractivity contribution in [1.82, 2.24) is 5.32 Å². The summed E-state index contributed by atoms with van der Waals surface area (Å²) in [6, 6.07) is 16.6. The molecule has 0 aliphatic heterocycles. The van der Waals surface area contributed by atoms with E-state index in [2.05, 4.69) is 64.6 Å². The van der Waals surface area contributed by atoms with Gasteiger partial charge in [-0.25, -0.2) is 0 Å². The van der Waals surface area contributed by atoms with Crippen molar-refractivity contribution >= 4 is 27.5 Å². The molecule has 0 spiro atoms. The maximum atomic E-state index is 6.11. The van der Waals surface area contributed by atoms with Gasteiger partial charge in [-0.3, -0.25) is 0 Å². The summed E-state index contributed by atoms with van der Waals surface area (Å²) >= 11 is 9.79. The van der Waals surface area contributed by atoms with Crippen LogP contribution in [0.2, 0.25) is 5.02 Å². The van der Waals surface area contributed by atoms with Crippen molar-refractivity contribution in [2.45, 2.75) is 25.7 Å². The molecule has 0 bridgehead atoms. The van der Waals surface area contributed by atoms with Gasteiger partial charge < -0.3 is 5.32 Å². The van der Waals surface area contributed by atoms with E-state index in [1.54, 1.807) is 0 Å². The SMILES string of the molecule is CCCNCC(Cc1cccc(Cl)c1)c1ccccc1Br. The molecule has 2 rings (SSSR count). The Bertz CT molecular complexity index is 571. The quantitative estimate of drug-likeness (QED) is 0.644. The second-order valence-electron chi connectivity index (χ2n) is 5.26. The van der Waals surface area contributed by atoms with E-state index in [-0.39, 0.29) is 0 Å². The number of halogens is 2. The molecule has 1 N–H and O–H groups in total. The Morgan fingerprint density at radius 3 is 2.67 bits per heavy atom. The van der Waals surface area contributed by atoms with Gasteiger partial charge in [0.25, 0.3) is 0 Å². The Morgan fingerprint density at radius 1 is 1.14 bits per heavy atom. The van der Waals surface area contributed by atoms with E-state index in [9.17, 15) is 0 Å². The molecule has 0 saturated carbocycles. The van der Waals surface area contributed by atoms with Gasteiger partial charge in [-0.15, -0.1) is 0 Å². The molecule has 1 atom stereocenters. The van der Waals surface area contributed by atoms with Gasteiger partial charge >= 0.3 is 0 Å². The Morgan fingerprint density at radius 2 is 1.95 bits per heavy atom. The molecular formula is C18H21BrClN. The first kappa shape index (κ1) is 16.5. The predicted molar refractivity (Wildman–Crippen MR) is 95.2 cm³/mol. The molecule has 1 nitrogen and oxygen atoms in total. The summed E-state index contributed by atoms with van der Waals surface area (Å²) in [5.74, 6) is 0.436. The number of hydrogen-bond donors (Lipinski definition) is 1. The summed E-state index contributed by atoms with van der Waals surface area (Å²) in [7, 11) is 0. The lowest BCUT2D eigenvalue weighted by Crippen LogP contribution is -2.24. The highest BCUT2D eigenvalue weighted by atomic mass is 79.9. The molecule has 0 amide bonds. The molecule has 1 unspecified atom stereocenters. The lowest BCUT2D eigenvalue weighted by Gasteiger charge is -2.20. The standard InChI is InChI=1S/C18H21BrClN/c1-2-10-21-13-15(17-8-3-4-9-18(17)19)11-14-6-5-7-16(20)12-14/h3-9,12,15,21H,2,10-11,13H2,1H3. The molecule has 0 fully saturated rings. The molecule has 3 heteroatoms. The highest BCUT2D eigenvalue weighted by molar-refractivity contribution is 9.10. The fraction of sp³-hybridized carbons (Fsp3) is 0.333. The third-order valence-electron chi connectivity index (χ3n) is 3.53. The normalized spacial score (nSPS) is 12.3. The molecule has 21 heavy (non-hydrogen) atoms. The van der Waals surface area contributed by atoms with Crippen molar-refractivity contribution in [3.8, 4) is 0 Å². The molecule has 2 aromatic rings. The second-order valence-corrected chi connectivity index (χ2v) is 6.55. The van der Waals surface area contributed by atoms with E-state index < -0.39 is 0 Å². The van der Waals surface area contributed by atoms with Crippen LogP contribution < -0.4 is 5.32 Å². The van der Waals surface area contributed by atoms with E-state index in [4.69, 9.17) is 11.6 Å². The van der Waals surface area contributed by atoms with Crippen LogP contribution in [-0.4, -0.2) is 13.1 Å². The van der Waals surface area contributed by atoms with Gasteiger partial charge in [0.05, 0.1) is 0 Å². The van der Waals surface area contributed by atoms with Crippen LogP contribution in [0.1, 0.15) is 30.4 Å². The van der Waals surface area contributed by atoms with Crippen molar-refractivity contribution in [2.75, 3.05) is 13.1 Å². The molecule has 2 aromatic carbocycles. The van der Waals surface area contributed by atoms with E-state index in [0.717, 1.165) is 31.0 Å². The number of nitrogens with one attached hydrogen (secondary N) is 1. The minimum Gasteiger partial charge on any atom is -0.316 e. The minimum atomic E-state index is 0.436. The van der Waals surface area contributed by atoms with Crippen LogP contribution in [0.25, 0.3) is 0 Å². The average molecular weight is 367 g/mol. The zero-order valence-electron chi connectivity index (χ0n) is 12.3. The zero-order chi connectivity index (χ0) is 15.1. The average Bonchev–Trinajstić information content (AvgIpc) is 2.47. The van der Waals surface area contributed by atoms with Crippen LogP contribution >= 0.6 is 27.5 Å². The summed E-state index contributed by atoms with van der Waals surface area (Å²) in [6.07, 6.45) is 2.14. The fourth-order valence-corrected chi connectivity index (χ4v) is 3.32. The highest BCUT2D eigenvalue weighted by Crippen LogP contribution is 2.28. The summed E-state index contributed by atoms with van der Waals surface area (Å²) in [5, 5.41) is 4.35. The molecule has 0 radical (unpaired) electrons. The first-order valence-electron chi connectivity index (χ1n) is 7.40. The Kier molecular flexibility index (Phi) is 6.75. The summed E-state index contributed by atoms with van der Waals surface area (Å²) in [5.41, 5.74) is 2.63. The summed E-state index contributed by atoms with van der Waals surface area (Å²) in [4.78, 5) is 0. The van der Waals surface area contributed by atoms with Crippen molar-refractivity contribution in [3.05, 3.63) is 69.2 Å². The number of benzene rings is 2. The van der Waals surface area contributed by atoms with Crippen LogP contribution in [0.15, 0.2) is 53.0 Å². The second kappa shape index (κ2) is 8.57. The Labute approximate surface area is 140 Å². The monoisotopic (exact) mass is 365 g/mol. The third kappa shape index (κ3) is 5.14. The van der Waals surface area contributed by atoms with Crippen molar-refractivity contribution in [1.29, 1.82) is 0 Å². The van der Waals surface area contributed by atoms with Gasteiger partial charge in [-0.1, -0.05) is 64.8 Å². The number of hydrogen-bond acceptors (Lipinski definition) is 1. The van der Waals surface area contributed by atoms with Crippen LogP contribution in [0, 0.1) is 0 Å². The van der Waals surface area contributed by atoms with Gasteiger partial charge in [0, 0.05) is 22.0 Å². The van der Waals surface area contributed by atoms with E-state index in [1.165, 1.54) is 15.6 Å². The Hall–Kier alpha value is -0.830. The molecule has 0 saturated heterocycles. The van der Waals surface area contributed by atoms with Gasteiger partial charge in [0.2, 0.25) is 0 Å². The van der Waals surface area contributed by atoms with Crippen LogP contribution in [-0.2, 0) is 6.42 Å². The summed E-state index contributed by atoms with van der Waals surface area (Å²) in [6.45, 7) is 4.22. The molecule has 0 heterocycles. The summed E-state index contributed by atoms with van der Waals surface area (Å²) < 4.78 is 1.18. The minimum absolute atomic E-state index is 0.436. The molecule has 0 aliphatic rings. The van der Waals surface area contributed by atoms with Crippen LogP contribution in [0.3, 0.4) is 0 Å². The molecule has 0 aromatic heterocycles. The van der Waals surface area contributed by atoms with Crippen LogP contribution in [0.4, 0.5) is 0 Å². The lowest BCUT2D eigenvalue weighted by atomic mass is 9.92. The van der Waals surface area contributed by atoms with E-state index in [1.807, 2.05) is 12.1 Å². The topological polar surface area (TPSA) is 12.0 Å². The molecular weight excluding hydrogens is 346 g/mol. The smallest absolute Gasteiger partial charge is 0.0408 e. The van der Waals surface area contributed by atoms with E-state index >= 15 is 0 Å². The van der Waals surface area contributed by atoms with Crippen molar-refractivity contribution < 1.29 is 0 Å². The zero-order valence-corrected chi connectivity index (χ0v) is 14.6. The largest absolute Gasteiger partial charge is 0.316 e. The number of rotatable bonds is 7. The maximum absolute atomic E-state index is 6.11.